The van der Waals surface area contributed by atoms with E-state index < -0.39 is 11.2 Å². The Bertz CT molecular complexity index is 850. The van der Waals surface area contributed by atoms with E-state index in [1.807, 2.05) is 0 Å². The van der Waals surface area contributed by atoms with Gasteiger partial charge in [0.2, 0.25) is 0 Å². The molecule has 5 nitrogen and oxygen atoms in total. The van der Waals surface area contributed by atoms with Gasteiger partial charge in [-0.3, -0.25) is 4.79 Å². The molecule has 0 aliphatic heterocycles. The maximum Gasteiger partial charge on any atom is 0.193 e. The summed E-state index contributed by atoms with van der Waals surface area (Å²) in [6.07, 6.45) is 0. The van der Waals surface area contributed by atoms with Crippen LogP contribution in [0.5, 0.6) is 17.2 Å². The van der Waals surface area contributed by atoms with Gasteiger partial charge in [-0.1, -0.05) is 0 Å². The van der Waals surface area contributed by atoms with Gasteiger partial charge in [0.05, 0.1) is 10.9 Å². The molecule has 0 spiro atoms. The van der Waals surface area contributed by atoms with Crippen LogP contribution in [0, 0.1) is 0 Å². The summed E-state index contributed by atoms with van der Waals surface area (Å²) in [6, 6.07) is 10.6. The van der Waals surface area contributed by atoms with Crippen LogP contribution in [0.25, 0.3) is 22.2 Å². The van der Waals surface area contributed by atoms with Crippen molar-refractivity contribution in [2.75, 3.05) is 0 Å². The van der Waals surface area contributed by atoms with Gasteiger partial charge >= 0.3 is 0 Å². The van der Waals surface area contributed by atoms with Crippen LogP contribution < -0.4 is 5.43 Å². The van der Waals surface area contributed by atoms with Crippen molar-refractivity contribution in [3.05, 3.63) is 52.7 Å². The maximum absolute atomic E-state index is 12.1. The second kappa shape index (κ2) is 4.31. The van der Waals surface area contributed by atoms with E-state index in [0.29, 0.717) is 11.2 Å². The Labute approximate surface area is 113 Å². The summed E-state index contributed by atoms with van der Waals surface area (Å²) in [5.74, 6) is -0.624. The highest BCUT2D eigenvalue weighted by Crippen LogP contribution is 2.31. The van der Waals surface area contributed by atoms with Crippen LogP contribution in [0.4, 0.5) is 0 Å². The van der Waals surface area contributed by atoms with Crippen LogP contribution in [-0.4, -0.2) is 20.3 Å². The largest absolute Gasteiger partial charge is 0.508 e. The van der Waals surface area contributed by atoms with Crippen molar-refractivity contribution < 1.29 is 15.3 Å². The van der Waals surface area contributed by atoms with Crippen molar-refractivity contribution in [1.29, 1.82) is 0 Å². The fourth-order valence-corrected chi connectivity index (χ4v) is 2.11. The molecular weight excluding hydrogens is 258 g/mol. The fourth-order valence-electron chi connectivity index (χ4n) is 2.11. The van der Waals surface area contributed by atoms with E-state index in [4.69, 9.17) is 0 Å². The molecule has 2 aromatic carbocycles. The van der Waals surface area contributed by atoms with Gasteiger partial charge in [-0.15, -0.1) is 0 Å². The van der Waals surface area contributed by atoms with E-state index in [-0.39, 0.29) is 16.9 Å². The summed E-state index contributed by atoms with van der Waals surface area (Å²) in [5, 5.41) is 28.5. The molecule has 0 aliphatic rings. The molecule has 0 saturated carbocycles. The molecule has 0 radical (unpaired) electrons. The predicted molar refractivity (Wildman–Crippen MR) is 75.0 cm³/mol. The Morgan fingerprint density at radius 3 is 2.30 bits per heavy atom. The fraction of sp³-hybridized carbons (Fsp3) is 0. The first-order chi connectivity index (χ1) is 9.56. The minimum atomic E-state index is -0.430. The molecule has 4 N–H and O–H groups in total. The standard InChI is InChI=1S/C15H11NO4/c17-9-3-1-8(2-4-9)11-7-13(19)14-10(16-11)5-6-12(18)15(14)20/h1-7,17-18,20H,(H,16,19). The first-order valence-corrected chi connectivity index (χ1v) is 5.93. The summed E-state index contributed by atoms with van der Waals surface area (Å²) >= 11 is 0. The number of aromatic hydroxyl groups is 3. The number of phenolic OH excluding ortho intramolecular Hbond substituents is 3. The van der Waals surface area contributed by atoms with Gasteiger partial charge in [-0.2, -0.15) is 0 Å². The molecule has 100 valence electrons. The van der Waals surface area contributed by atoms with Crippen molar-refractivity contribution in [3.8, 4) is 28.5 Å². The third kappa shape index (κ3) is 1.85. The second-order valence-electron chi connectivity index (χ2n) is 4.45. The average Bonchev–Trinajstić information content (AvgIpc) is 2.43. The predicted octanol–water partition coefficient (Wildman–Crippen LogP) is 2.31. The monoisotopic (exact) mass is 269 g/mol. The van der Waals surface area contributed by atoms with E-state index >= 15 is 0 Å². The van der Waals surface area contributed by atoms with Crippen molar-refractivity contribution in [2.45, 2.75) is 0 Å². The molecule has 0 unspecified atom stereocenters. The normalized spacial score (nSPS) is 10.8. The van der Waals surface area contributed by atoms with E-state index in [0.717, 1.165) is 5.56 Å². The van der Waals surface area contributed by atoms with Crippen molar-refractivity contribution in [1.82, 2.24) is 4.98 Å². The van der Waals surface area contributed by atoms with Crippen molar-refractivity contribution in [3.63, 3.8) is 0 Å². The summed E-state index contributed by atoms with van der Waals surface area (Å²) in [4.78, 5) is 15.1. The molecule has 0 amide bonds. The number of H-pyrrole nitrogens is 1. The first kappa shape index (κ1) is 12.1. The average molecular weight is 269 g/mol. The van der Waals surface area contributed by atoms with Gasteiger partial charge in [0.1, 0.15) is 5.75 Å². The molecule has 5 heteroatoms. The number of phenols is 3. The lowest BCUT2D eigenvalue weighted by Crippen LogP contribution is -2.03. The van der Waals surface area contributed by atoms with Crippen LogP contribution in [0.15, 0.2) is 47.3 Å². The van der Waals surface area contributed by atoms with E-state index in [9.17, 15) is 20.1 Å². The second-order valence-corrected chi connectivity index (χ2v) is 4.45. The molecular formula is C15H11NO4. The molecule has 0 fully saturated rings. The SMILES string of the molecule is O=c1cc(-c2ccc(O)cc2)[nH]c2ccc(O)c(O)c12. The summed E-state index contributed by atoms with van der Waals surface area (Å²) in [6.45, 7) is 0. The summed E-state index contributed by atoms with van der Waals surface area (Å²) in [7, 11) is 0. The summed E-state index contributed by atoms with van der Waals surface area (Å²) < 4.78 is 0. The number of rotatable bonds is 1. The van der Waals surface area contributed by atoms with Crippen molar-refractivity contribution in [2.24, 2.45) is 0 Å². The smallest absolute Gasteiger partial charge is 0.193 e. The molecule has 3 rings (SSSR count). The first-order valence-electron chi connectivity index (χ1n) is 5.93. The zero-order chi connectivity index (χ0) is 14.3. The Hall–Kier alpha value is -2.95. The number of aromatic nitrogens is 1. The van der Waals surface area contributed by atoms with Gasteiger partial charge < -0.3 is 20.3 Å². The Morgan fingerprint density at radius 1 is 0.900 bits per heavy atom. The molecule has 0 saturated heterocycles. The van der Waals surface area contributed by atoms with Crippen LogP contribution in [0.1, 0.15) is 0 Å². The molecule has 20 heavy (non-hydrogen) atoms. The highest BCUT2D eigenvalue weighted by Gasteiger charge is 2.11. The van der Waals surface area contributed by atoms with Gasteiger partial charge in [-0.05, 0) is 42.0 Å². The van der Waals surface area contributed by atoms with Gasteiger partial charge in [-0.25, -0.2) is 0 Å². The van der Waals surface area contributed by atoms with Gasteiger partial charge in [0, 0.05) is 11.8 Å². The quantitative estimate of drug-likeness (QED) is 0.510. The van der Waals surface area contributed by atoms with Gasteiger partial charge in [0.15, 0.2) is 16.9 Å². The molecule has 3 aromatic rings. The molecule has 0 bridgehead atoms. The number of hydrogen-bond donors (Lipinski definition) is 4. The number of nitrogens with one attached hydrogen (secondary N) is 1. The van der Waals surface area contributed by atoms with E-state index in [2.05, 4.69) is 4.98 Å². The van der Waals surface area contributed by atoms with Crippen LogP contribution >= 0.6 is 0 Å². The Morgan fingerprint density at radius 2 is 1.60 bits per heavy atom. The zero-order valence-corrected chi connectivity index (χ0v) is 10.3. The third-order valence-corrected chi connectivity index (χ3v) is 3.13. The third-order valence-electron chi connectivity index (χ3n) is 3.13. The minimum Gasteiger partial charge on any atom is -0.508 e. The molecule has 1 aromatic heterocycles. The minimum absolute atomic E-state index is 0.0486. The maximum atomic E-state index is 12.1. The lowest BCUT2D eigenvalue weighted by molar-refractivity contribution is 0.408. The Balaban J connectivity index is 2.28. The molecule has 1 heterocycles. The van der Waals surface area contributed by atoms with Gasteiger partial charge in [0.25, 0.3) is 0 Å². The number of aromatic amines is 1. The lowest BCUT2D eigenvalue weighted by atomic mass is 10.1. The number of pyridine rings is 1. The van der Waals surface area contributed by atoms with E-state index in [1.54, 1.807) is 12.1 Å². The highest BCUT2D eigenvalue weighted by atomic mass is 16.3. The highest BCUT2D eigenvalue weighted by molar-refractivity contribution is 5.88. The summed E-state index contributed by atoms with van der Waals surface area (Å²) in [5.41, 5.74) is 1.33. The lowest BCUT2D eigenvalue weighted by Gasteiger charge is -2.07. The van der Waals surface area contributed by atoms with E-state index in [1.165, 1.54) is 30.3 Å². The Kier molecular flexibility index (Phi) is 2.61. The topological polar surface area (TPSA) is 93.5 Å². The van der Waals surface area contributed by atoms with Crippen LogP contribution in [-0.2, 0) is 0 Å². The number of fused-ring (bicyclic) bond motifs is 1. The van der Waals surface area contributed by atoms with Crippen LogP contribution in [0.3, 0.4) is 0 Å². The van der Waals surface area contributed by atoms with Crippen molar-refractivity contribution >= 4 is 10.9 Å². The number of benzene rings is 2. The molecule has 0 aliphatic carbocycles. The zero-order valence-electron chi connectivity index (χ0n) is 10.3. The van der Waals surface area contributed by atoms with Crippen LogP contribution in [0.2, 0.25) is 0 Å². The molecule has 0 atom stereocenters. The number of hydrogen-bond acceptors (Lipinski definition) is 4.